The smallest absolute Gasteiger partial charge is 0.322 e. The van der Waals surface area contributed by atoms with Gasteiger partial charge in [0.2, 0.25) is 0 Å². The number of carbonyl (C=O) groups excluding carboxylic acids is 1. The van der Waals surface area contributed by atoms with Gasteiger partial charge in [-0.15, -0.1) is 0 Å². The summed E-state index contributed by atoms with van der Waals surface area (Å²) in [7, 11) is 0. The number of hydrogen-bond donors (Lipinski definition) is 1. The second kappa shape index (κ2) is 4.63. The van der Waals surface area contributed by atoms with Crippen LogP contribution in [-0.4, -0.2) is 5.91 Å². The molecule has 0 atom stereocenters. The summed E-state index contributed by atoms with van der Waals surface area (Å²) in [6.07, 6.45) is 0. The molecule has 0 heterocycles. The van der Waals surface area contributed by atoms with E-state index in [1.165, 1.54) is 6.07 Å². The summed E-state index contributed by atoms with van der Waals surface area (Å²) in [5.41, 5.74) is 0.956. The zero-order chi connectivity index (χ0) is 9.68. The van der Waals surface area contributed by atoms with Crippen LogP contribution in [0.25, 0.3) is 0 Å². The third kappa shape index (κ3) is 3.26. The van der Waals surface area contributed by atoms with Crippen molar-refractivity contribution in [3.05, 3.63) is 34.3 Å². The summed E-state index contributed by atoms with van der Waals surface area (Å²) >= 11 is 3.31. The highest BCUT2D eigenvalue weighted by Gasteiger charge is 1.97. The molecule has 1 aromatic carbocycles. The molecule has 0 aliphatic carbocycles. The van der Waals surface area contributed by atoms with Crippen molar-refractivity contribution in [1.29, 1.82) is 5.26 Å². The van der Waals surface area contributed by atoms with Crippen molar-refractivity contribution in [3.8, 4) is 6.07 Å². The maximum Gasteiger partial charge on any atom is 0.322 e. The van der Waals surface area contributed by atoms with E-state index in [0.29, 0.717) is 6.54 Å². The molecule has 0 saturated heterocycles. The first-order chi connectivity index (χ1) is 6.22. The molecule has 1 rings (SSSR count). The van der Waals surface area contributed by atoms with Gasteiger partial charge in [-0.2, -0.15) is 5.26 Å². The van der Waals surface area contributed by atoms with Crippen LogP contribution in [0.4, 0.5) is 0 Å². The number of nitrogens with one attached hydrogen (secondary N) is 1. The number of nitrogens with zero attached hydrogens (tertiary/aromatic N) is 1. The van der Waals surface area contributed by atoms with Crippen LogP contribution >= 0.6 is 15.9 Å². The maximum atomic E-state index is 10.6. The molecule has 0 saturated carbocycles. The predicted molar refractivity (Wildman–Crippen MR) is 51.6 cm³/mol. The van der Waals surface area contributed by atoms with Gasteiger partial charge in [-0.1, -0.05) is 28.1 Å². The number of halogens is 1. The molecular weight excluding hydrogens is 232 g/mol. The lowest BCUT2D eigenvalue weighted by atomic mass is 10.2. The van der Waals surface area contributed by atoms with Crippen LogP contribution in [0, 0.1) is 11.3 Å². The minimum absolute atomic E-state index is 0.381. The minimum atomic E-state index is -0.611. The van der Waals surface area contributed by atoms with Gasteiger partial charge in [0, 0.05) is 11.0 Å². The lowest BCUT2D eigenvalue weighted by molar-refractivity contribution is -0.116. The summed E-state index contributed by atoms with van der Waals surface area (Å²) < 4.78 is 0.955. The molecule has 0 unspecified atom stereocenters. The largest absolute Gasteiger partial charge is 0.339 e. The Hall–Kier alpha value is -1.34. The molecule has 0 aliphatic rings. The normalized spacial score (nSPS) is 8.92. The Bertz CT molecular complexity index is 357. The minimum Gasteiger partial charge on any atom is -0.339 e. The molecule has 0 aromatic heterocycles. The third-order valence-corrected chi connectivity index (χ3v) is 1.94. The molecule has 0 radical (unpaired) electrons. The predicted octanol–water partition coefficient (Wildman–Crippen LogP) is 1.59. The molecule has 1 amide bonds. The van der Waals surface area contributed by atoms with Crippen LogP contribution in [0.2, 0.25) is 0 Å². The Kier molecular flexibility index (Phi) is 3.47. The number of nitriles is 1. The number of benzene rings is 1. The summed E-state index contributed by atoms with van der Waals surface area (Å²) in [5, 5.41) is 10.7. The van der Waals surface area contributed by atoms with E-state index in [0.717, 1.165) is 10.0 Å². The highest BCUT2D eigenvalue weighted by atomic mass is 79.9. The fraction of sp³-hybridized carbons (Fsp3) is 0.111. The summed E-state index contributed by atoms with van der Waals surface area (Å²) in [4.78, 5) is 10.6. The SMILES string of the molecule is N#CC(=O)NCc1cccc(Br)c1. The topological polar surface area (TPSA) is 52.9 Å². The highest BCUT2D eigenvalue weighted by molar-refractivity contribution is 9.10. The second-order valence-corrected chi connectivity index (χ2v) is 3.34. The number of rotatable bonds is 2. The lowest BCUT2D eigenvalue weighted by Gasteiger charge is -2.00. The Labute approximate surface area is 84.5 Å². The first kappa shape index (κ1) is 9.75. The Morgan fingerprint density at radius 1 is 1.62 bits per heavy atom. The molecule has 4 heteroatoms. The van der Waals surface area contributed by atoms with Crippen molar-refractivity contribution in [2.24, 2.45) is 0 Å². The van der Waals surface area contributed by atoms with Gasteiger partial charge < -0.3 is 5.32 Å². The molecular formula is C9H7BrN2O. The van der Waals surface area contributed by atoms with E-state index >= 15 is 0 Å². The van der Waals surface area contributed by atoms with Crippen molar-refractivity contribution < 1.29 is 4.79 Å². The van der Waals surface area contributed by atoms with Crippen molar-refractivity contribution in [3.63, 3.8) is 0 Å². The Morgan fingerprint density at radius 2 is 2.38 bits per heavy atom. The Balaban J connectivity index is 2.56. The van der Waals surface area contributed by atoms with E-state index in [1.54, 1.807) is 0 Å². The molecule has 0 bridgehead atoms. The summed E-state index contributed by atoms with van der Waals surface area (Å²) in [6.45, 7) is 0.381. The molecule has 3 nitrogen and oxygen atoms in total. The Morgan fingerprint density at radius 3 is 3.00 bits per heavy atom. The van der Waals surface area contributed by atoms with Crippen LogP contribution in [0.3, 0.4) is 0 Å². The van der Waals surface area contributed by atoms with Gasteiger partial charge in [-0.25, -0.2) is 0 Å². The molecule has 0 fully saturated rings. The van der Waals surface area contributed by atoms with Gasteiger partial charge in [0.25, 0.3) is 0 Å². The van der Waals surface area contributed by atoms with E-state index in [-0.39, 0.29) is 0 Å². The zero-order valence-electron chi connectivity index (χ0n) is 6.75. The van der Waals surface area contributed by atoms with E-state index in [9.17, 15) is 4.79 Å². The lowest BCUT2D eigenvalue weighted by Crippen LogP contribution is -2.20. The monoisotopic (exact) mass is 238 g/mol. The van der Waals surface area contributed by atoms with Gasteiger partial charge in [0.15, 0.2) is 6.07 Å². The maximum absolute atomic E-state index is 10.6. The number of carbonyl (C=O) groups is 1. The number of amides is 1. The van der Waals surface area contributed by atoms with Crippen molar-refractivity contribution >= 4 is 21.8 Å². The fourth-order valence-corrected chi connectivity index (χ4v) is 1.32. The molecule has 1 N–H and O–H groups in total. The first-order valence-corrected chi connectivity index (χ1v) is 4.44. The van der Waals surface area contributed by atoms with Crippen LogP contribution in [-0.2, 0) is 11.3 Å². The average Bonchev–Trinajstić information content (AvgIpc) is 2.14. The second-order valence-electron chi connectivity index (χ2n) is 2.42. The summed E-state index contributed by atoms with van der Waals surface area (Å²) in [6, 6.07) is 9.02. The zero-order valence-corrected chi connectivity index (χ0v) is 8.34. The third-order valence-electron chi connectivity index (χ3n) is 1.44. The number of hydrogen-bond acceptors (Lipinski definition) is 2. The van der Waals surface area contributed by atoms with E-state index in [2.05, 4.69) is 21.2 Å². The van der Waals surface area contributed by atoms with Gasteiger partial charge in [0.05, 0.1) is 0 Å². The van der Waals surface area contributed by atoms with Crippen molar-refractivity contribution in [1.82, 2.24) is 5.32 Å². The van der Waals surface area contributed by atoms with Gasteiger partial charge in [-0.3, -0.25) is 4.79 Å². The van der Waals surface area contributed by atoms with E-state index < -0.39 is 5.91 Å². The quantitative estimate of drug-likeness (QED) is 0.796. The van der Waals surface area contributed by atoms with Gasteiger partial charge in [-0.05, 0) is 17.7 Å². The van der Waals surface area contributed by atoms with E-state index in [1.807, 2.05) is 24.3 Å². The highest BCUT2D eigenvalue weighted by Crippen LogP contribution is 2.10. The standard InChI is InChI=1S/C9H7BrN2O/c10-8-3-1-2-7(4-8)6-12-9(13)5-11/h1-4H,6H2,(H,12,13). The molecule has 66 valence electrons. The van der Waals surface area contributed by atoms with Crippen molar-refractivity contribution in [2.75, 3.05) is 0 Å². The molecule has 13 heavy (non-hydrogen) atoms. The van der Waals surface area contributed by atoms with Gasteiger partial charge >= 0.3 is 5.91 Å². The van der Waals surface area contributed by atoms with Gasteiger partial charge in [0.1, 0.15) is 0 Å². The van der Waals surface area contributed by atoms with Crippen LogP contribution < -0.4 is 5.32 Å². The summed E-state index contributed by atoms with van der Waals surface area (Å²) in [5.74, 6) is -0.611. The van der Waals surface area contributed by atoms with Crippen LogP contribution in [0.5, 0.6) is 0 Å². The van der Waals surface area contributed by atoms with Crippen LogP contribution in [0.15, 0.2) is 28.7 Å². The van der Waals surface area contributed by atoms with E-state index in [4.69, 9.17) is 5.26 Å². The molecule has 0 aliphatic heterocycles. The fourth-order valence-electron chi connectivity index (χ4n) is 0.869. The molecule has 0 spiro atoms. The average molecular weight is 239 g/mol. The first-order valence-electron chi connectivity index (χ1n) is 3.65. The van der Waals surface area contributed by atoms with Crippen molar-refractivity contribution in [2.45, 2.75) is 6.54 Å². The van der Waals surface area contributed by atoms with Crippen LogP contribution in [0.1, 0.15) is 5.56 Å². The molecule has 1 aromatic rings.